The number of aryl methyl sites for hydroxylation is 1. The number of esters is 1. The van der Waals surface area contributed by atoms with Crippen molar-refractivity contribution in [2.75, 3.05) is 7.11 Å². The van der Waals surface area contributed by atoms with E-state index >= 15 is 0 Å². The minimum Gasteiger partial charge on any atom is -0.541 e. The Morgan fingerprint density at radius 1 is 1.37 bits per heavy atom. The Hall–Kier alpha value is -1.23. The second kappa shape index (κ2) is 5.41. The standard InChI is InChI=1S/C14H24O4Si/c1-10-12(18-19(6,7)14(2,3)4)8-11(17-10)9-13(15)16-5/h8H,9H2,1-7H3. The van der Waals surface area contributed by atoms with Crippen molar-refractivity contribution in [3.63, 3.8) is 0 Å². The molecule has 0 saturated carbocycles. The summed E-state index contributed by atoms with van der Waals surface area (Å²) < 4.78 is 16.4. The molecule has 0 bridgehead atoms. The summed E-state index contributed by atoms with van der Waals surface area (Å²) in [5.74, 6) is 1.72. The molecule has 0 unspecified atom stereocenters. The molecule has 0 fully saturated rings. The lowest BCUT2D eigenvalue weighted by atomic mass is 10.2. The zero-order chi connectivity index (χ0) is 14.8. The van der Waals surface area contributed by atoms with Crippen LogP contribution in [-0.2, 0) is 16.0 Å². The van der Waals surface area contributed by atoms with Crippen LogP contribution in [0.5, 0.6) is 5.75 Å². The maximum absolute atomic E-state index is 11.2. The number of ether oxygens (including phenoxy) is 1. The second-order valence-corrected chi connectivity index (χ2v) is 11.0. The summed E-state index contributed by atoms with van der Waals surface area (Å²) in [6.07, 6.45) is 0.137. The van der Waals surface area contributed by atoms with Crippen LogP contribution < -0.4 is 4.43 Å². The Morgan fingerprint density at radius 2 is 1.95 bits per heavy atom. The number of hydrogen-bond donors (Lipinski definition) is 0. The van der Waals surface area contributed by atoms with E-state index < -0.39 is 8.32 Å². The van der Waals surface area contributed by atoms with Gasteiger partial charge in [-0.25, -0.2) is 0 Å². The summed E-state index contributed by atoms with van der Waals surface area (Å²) in [5, 5.41) is 0.124. The van der Waals surface area contributed by atoms with Crippen LogP contribution in [0.2, 0.25) is 18.1 Å². The average Bonchev–Trinajstić information content (AvgIpc) is 2.56. The molecule has 5 heteroatoms. The molecule has 0 atom stereocenters. The van der Waals surface area contributed by atoms with Crippen molar-refractivity contribution in [2.45, 2.75) is 52.2 Å². The molecule has 1 heterocycles. The minimum absolute atomic E-state index is 0.124. The average molecular weight is 284 g/mol. The van der Waals surface area contributed by atoms with Gasteiger partial charge < -0.3 is 13.6 Å². The molecule has 0 amide bonds. The van der Waals surface area contributed by atoms with E-state index in [-0.39, 0.29) is 17.4 Å². The highest BCUT2D eigenvalue weighted by Gasteiger charge is 2.39. The summed E-state index contributed by atoms with van der Waals surface area (Å²) in [6, 6.07) is 1.80. The number of hydrogen-bond acceptors (Lipinski definition) is 4. The highest BCUT2D eigenvalue weighted by atomic mass is 28.4. The van der Waals surface area contributed by atoms with Crippen molar-refractivity contribution >= 4 is 14.3 Å². The van der Waals surface area contributed by atoms with Gasteiger partial charge in [-0.2, -0.15) is 0 Å². The first-order valence-corrected chi connectivity index (χ1v) is 9.33. The van der Waals surface area contributed by atoms with Crippen LogP contribution in [0.3, 0.4) is 0 Å². The van der Waals surface area contributed by atoms with Crippen LogP contribution in [0.1, 0.15) is 32.3 Å². The molecule has 0 radical (unpaired) electrons. The maximum Gasteiger partial charge on any atom is 0.313 e. The third kappa shape index (κ3) is 3.86. The van der Waals surface area contributed by atoms with E-state index in [2.05, 4.69) is 38.6 Å². The summed E-state index contributed by atoms with van der Waals surface area (Å²) in [6.45, 7) is 12.8. The van der Waals surface area contributed by atoms with E-state index in [9.17, 15) is 4.79 Å². The third-order valence-corrected chi connectivity index (χ3v) is 7.98. The highest BCUT2D eigenvalue weighted by Crippen LogP contribution is 2.38. The van der Waals surface area contributed by atoms with E-state index in [1.165, 1.54) is 7.11 Å². The Morgan fingerprint density at radius 3 is 2.42 bits per heavy atom. The van der Waals surface area contributed by atoms with Gasteiger partial charge in [-0.05, 0) is 25.1 Å². The van der Waals surface area contributed by atoms with E-state index in [0.29, 0.717) is 11.5 Å². The van der Waals surface area contributed by atoms with Gasteiger partial charge in [0.05, 0.1) is 7.11 Å². The molecular formula is C14H24O4Si. The Balaban J connectivity index is 2.89. The molecule has 0 aliphatic rings. The molecule has 108 valence electrons. The summed E-state index contributed by atoms with van der Waals surface area (Å²) in [4.78, 5) is 11.2. The maximum atomic E-state index is 11.2. The lowest BCUT2D eigenvalue weighted by molar-refractivity contribution is -0.140. The van der Waals surface area contributed by atoms with Crippen molar-refractivity contribution < 1.29 is 18.4 Å². The van der Waals surface area contributed by atoms with Crippen molar-refractivity contribution in [3.8, 4) is 5.75 Å². The molecule has 0 aliphatic heterocycles. The fourth-order valence-electron chi connectivity index (χ4n) is 1.36. The predicted octanol–water partition coefficient (Wildman–Crippen LogP) is 3.69. The van der Waals surface area contributed by atoms with Gasteiger partial charge in [0.25, 0.3) is 8.32 Å². The fourth-order valence-corrected chi connectivity index (χ4v) is 2.41. The van der Waals surface area contributed by atoms with Gasteiger partial charge in [0.15, 0.2) is 0 Å². The topological polar surface area (TPSA) is 48.7 Å². The number of furan rings is 1. The van der Waals surface area contributed by atoms with Crippen molar-refractivity contribution in [2.24, 2.45) is 0 Å². The van der Waals surface area contributed by atoms with Crippen LogP contribution in [0.4, 0.5) is 0 Å². The fraction of sp³-hybridized carbons (Fsp3) is 0.643. The third-order valence-electron chi connectivity index (χ3n) is 3.64. The number of methoxy groups -OCH3 is 1. The van der Waals surface area contributed by atoms with Gasteiger partial charge in [-0.1, -0.05) is 20.8 Å². The first kappa shape index (κ1) is 15.8. The summed E-state index contributed by atoms with van der Waals surface area (Å²) in [5.41, 5.74) is 0. The SMILES string of the molecule is COC(=O)Cc1cc(O[Si](C)(C)C(C)(C)C)c(C)o1. The summed E-state index contributed by atoms with van der Waals surface area (Å²) in [7, 11) is -0.522. The van der Waals surface area contributed by atoms with E-state index in [1.54, 1.807) is 6.07 Å². The molecule has 0 N–H and O–H groups in total. The van der Waals surface area contributed by atoms with Gasteiger partial charge >= 0.3 is 5.97 Å². The molecule has 0 spiro atoms. The molecule has 4 nitrogen and oxygen atoms in total. The quantitative estimate of drug-likeness (QED) is 0.625. The normalized spacial score (nSPS) is 12.4. The highest BCUT2D eigenvalue weighted by molar-refractivity contribution is 6.74. The van der Waals surface area contributed by atoms with E-state index in [4.69, 9.17) is 8.84 Å². The van der Waals surface area contributed by atoms with E-state index in [1.807, 2.05) is 6.92 Å². The second-order valence-electron chi connectivity index (χ2n) is 6.25. The van der Waals surface area contributed by atoms with Crippen LogP contribution in [0.25, 0.3) is 0 Å². The summed E-state index contributed by atoms with van der Waals surface area (Å²) >= 11 is 0. The van der Waals surface area contributed by atoms with E-state index in [0.717, 1.165) is 5.75 Å². The van der Waals surface area contributed by atoms with Gasteiger partial charge in [0, 0.05) is 6.07 Å². The molecule has 1 aromatic heterocycles. The van der Waals surface area contributed by atoms with Gasteiger partial charge in [0.2, 0.25) is 0 Å². The lowest BCUT2D eigenvalue weighted by Gasteiger charge is -2.36. The number of carbonyl (C=O) groups excluding carboxylic acids is 1. The number of rotatable bonds is 4. The van der Waals surface area contributed by atoms with Crippen LogP contribution in [-0.4, -0.2) is 21.4 Å². The van der Waals surface area contributed by atoms with Gasteiger partial charge in [-0.15, -0.1) is 0 Å². The Kier molecular flexibility index (Phi) is 4.50. The Labute approximate surface area is 116 Å². The zero-order valence-electron chi connectivity index (χ0n) is 12.9. The predicted molar refractivity (Wildman–Crippen MR) is 77.0 cm³/mol. The molecular weight excluding hydrogens is 260 g/mol. The molecule has 0 aliphatic carbocycles. The first-order chi connectivity index (χ1) is 8.56. The smallest absolute Gasteiger partial charge is 0.313 e. The molecule has 0 aromatic carbocycles. The van der Waals surface area contributed by atoms with Gasteiger partial charge in [0.1, 0.15) is 23.7 Å². The van der Waals surface area contributed by atoms with Gasteiger partial charge in [-0.3, -0.25) is 4.79 Å². The zero-order valence-corrected chi connectivity index (χ0v) is 13.9. The molecule has 1 aromatic rings. The first-order valence-electron chi connectivity index (χ1n) is 6.42. The molecule has 1 rings (SSSR count). The van der Waals surface area contributed by atoms with Crippen LogP contribution in [0.15, 0.2) is 10.5 Å². The minimum atomic E-state index is -1.89. The lowest BCUT2D eigenvalue weighted by Crippen LogP contribution is -2.43. The van der Waals surface area contributed by atoms with Crippen molar-refractivity contribution in [3.05, 3.63) is 17.6 Å². The van der Waals surface area contributed by atoms with Crippen molar-refractivity contribution in [1.82, 2.24) is 0 Å². The van der Waals surface area contributed by atoms with Crippen LogP contribution >= 0.6 is 0 Å². The number of carbonyl (C=O) groups is 1. The Bertz CT molecular complexity index is 455. The molecule has 19 heavy (non-hydrogen) atoms. The van der Waals surface area contributed by atoms with Crippen molar-refractivity contribution in [1.29, 1.82) is 0 Å². The monoisotopic (exact) mass is 284 g/mol. The molecule has 0 saturated heterocycles. The largest absolute Gasteiger partial charge is 0.541 e. The van der Waals surface area contributed by atoms with Crippen LogP contribution in [0, 0.1) is 6.92 Å².